The van der Waals surface area contributed by atoms with Crippen LogP contribution >= 0.6 is 11.6 Å². The fourth-order valence-electron chi connectivity index (χ4n) is 2.36. The molecule has 0 saturated carbocycles. The number of amides is 1. The monoisotopic (exact) mass is 398 g/mol. The normalized spacial score (nSPS) is 10.9. The van der Waals surface area contributed by atoms with Gasteiger partial charge in [-0.25, -0.2) is 0 Å². The van der Waals surface area contributed by atoms with Crippen molar-refractivity contribution in [2.45, 2.75) is 33.1 Å². The summed E-state index contributed by atoms with van der Waals surface area (Å²) in [5.74, 6) is 0.0110. The van der Waals surface area contributed by atoms with Gasteiger partial charge in [0.25, 0.3) is 0 Å². The van der Waals surface area contributed by atoms with E-state index < -0.39 is 0 Å². The maximum atomic E-state index is 12.1. The number of hydrogen-bond donors (Lipinski definition) is 1. The maximum absolute atomic E-state index is 12.1. The Morgan fingerprint density at radius 2 is 1.82 bits per heavy atom. The second kappa shape index (κ2) is 13.4. The Balaban J connectivity index is 0.00000122. The van der Waals surface area contributed by atoms with Crippen LogP contribution in [0, 0.1) is 0 Å². The number of carbonyl (C=O) groups is 2. The highest BCUT2D eigenvalue weighted by atomic mass is 35.5. The molecule has 2 aromatic rings. The van der Waals surface area contributed by atoms with E-state index in [-0.39, 0.29) is 5.78 Å². The van der Waals surface area contributed by atoms with Crippen LogP contribution in [0.2, 0.25) is 5.02 Å². The van der Waals surface area contributed by atoms with Crippen molar-refractivity contribution < 1.29 is 9.59 Å². The summed E-state index contributed by atoms with van der Waals surface area (Å²) in [6.07, 6.45) is 6.12. The zero-order valence-corrected chi connectivity index (χ0v) is 17.4. The third kappa shape index (κ3) is 8.78. The Bertz CT molecular complexity index is 829. The second-order valence-electron chi connectivity index (χ2n) is 6.09. The van der Waals surface area contributed by atoms with E-state index in [0.29, 0.717) is 30.0 Å². The van der Waals surface area contributed by atoms with Gasteiger partial charge in [0.2, 0.25) is 6.41 Å². The molecular formula is C23H27ClN2O2. The molecule has 0 unspecified atom stereocenters. The number of aryl methyl sites for hydroxylation is 1. The van der Waals surface area contributed by atoms with Crippen molar-refractivity contribution >= 4 is 35.2 Å². The first kappa shape index (κ1) is 23.3. The van der Waals surface area contributed by atoms with Gasteiger partial charge < -0.3 is 5.32 Å². The Kier molecular flexibility index (Phi) is 11.2. The van der Waals surface area contributed by atoms with Gasteiger partial charge in [0.15, 0.2) is 5.78 Å². The fourth-order valence-corrected chi connectivity index (χ4v) is 2.55. The lowest BCUT2D eigenvalue weighted by Gasteiger charge is -2.03. The van der Waals surface area contributed by atoms with E-state index in [1.807, 2.05) is 36.4 Å². The topological polar surface area (TPSA) is 58.5 Å². The fraction of sp³-hybridized carbons (Fsp3) is 0.261. The van der Waals surface area contributed by atoms with Crippen LogP contribution < -0.4 is 5.32 Å². The summed E-state index contributed by atoms with van der Waals surface area (Å²) >= 11 is 5.99. The average Bonchev–Trinajstić information content (AvgIpc) is 2.68. The number of nitrogens with zero attached hydrogens (tertiary/aromatic N) is 1. The minimum absolute atomic E-state index is 0.0110. The van der Waals surface area contributed by atoms with E-state index in [4.69, 9.17) is 11.6 Å². The first-order valence-corrected chi connectivity index (χ1v) is 9.64. The van der Waals surface area contributed by atoms with Crippen molar-refractivity contribution in [3.05, 3.63) is 76.8 Å². The minimum atomic E-state index is 0.0110. The highest BCUT2D eigenvalue weighted by molar-refractivity contribution is 6.31. The summed E-state index contributed by atoms with van der Waals surface area (Å²) in [7, 11) is 1.68. The summed E-state index contributed by atoms with van der Waals surface area (Å²) in [5.41, 5.74) is 3.28. The summed E-state index contributed by atoms with van der Waals surface area (Å²) in [6, 6.07) is 14.8. The van der Waals surface area contributed by atoms with Crippen molar-refractivity contribution in [1.29, 1.82) is 0 Å². The van der Waals surface area contributed by atoms with E-state index in [2.05, 4.69) is 24.2 Å². The number of halogens is 1. The van der Waals surface area contributed by atoms with Crippen LogP contribution in [-0.4, -0.2) is 25.0 Å². The van der Waals surface area contributed by atoms with Crippen LogP contribution in [0.15, 0.2) is 65.7 Å². The third-order valence-electron chi connectivity index (χ3n) is 3.60. The highest BCUT2D eigenvalue weighted by Gasteiger charge is 2.03. The lowest BCUT2D eigenvalue weighted by atomic mass is 10.1. The third-order valence-corrected chi connectivity index (χ3v) is 3.84. The summed E-state index contributed by atoms with van der Waals surface area (Å²) < 4.78 is 0. The Morgan fingerprint density at radius 1 is 1.11 bits per heavy atom. The standard InChI is InChI=1S/C20H19ClN2O2.C3H8/c1-22-20(16-5-3-6-17(21)13-16)11-10-19(25)9-8-15-4-2-7-18(12-15)23-14-24;1-3-2/h2-7,10-14H,8-9H2,1H3,(H,23,24);3H2,1-2H3/b11-10-,22-20?;. The largest absolute Gasteiger partial charge is 0.329 e. The van der Waals surface area contributed by atoms with Crippen LogP contribution in [0.5, 0.6) is 0 Å². The molecule has 0 aliphatic rings. The molecule has 0 bridgehead atoms. The van der Waals surface area contributed by atoms with Gasteiger partial charge in [-0.1, -0.05) is 56.1 Å². The molecule has 4 nitrogen and oxygen atoms in total. The molecule has 5 heteroatoms. The number of benzene rings is 2. The molecular weight excluding hydrogens is 372 g/mol. The highest BCUT2D eigenvalue weighted by Crippen LogP contribution is 2.13. The molecule has 0 aromatic heterocycles. The van der Waals surface area contributed by atoms with Gasteiger partial charge in [0.1, 0.15) is 0 Å². The van der Waals surface area contributed by atoms with Gasteiger partial charge in [-0.2, -0.15) is 0 Å². The van der Waals surface area contributed by atoms with Gasteiger partial charge in [-0.05, 0) is 48.4 Å². The molecule has 0 aliphatic heterocycles. The molecule has 2 rings (SSSR count). The van der Waals surface area contributed by atoms with Gasteiger partial charge in [0, 0.05) is 29.7 Å². The minimum Gasteiger partial charge on any atom is -0.329 e. The van der Waals surface area contributed by atoms with Crippen LogP contribution in [-0.2, 0) is 16.0 Å². The first-order chi connectivity index (χ1) is 13.5. The van der Waals surface area contributed by atoms with E-state index in [0.717, 1.165) is 16.8 Å². The number of hydrogen-bond acceptors (Lipinski definition) is 3. The SMILES string of the molecule is CCC.CN=C(/C=C\C(=O)CCc1cccc(NC=O)c1)c1cccc(Cl)c1. The molecule has 0 radical (unpaired) electrons. The molecule has 0 aliphatic carbocycles. The van der Waals surface area contributed by atoms with Gasteiger partial charge in [-0.15, -0.1) is 0 Å². The molecule has 2 aromatic carbocycles. The maximum Gasteiger partial charge on any atom is 0.211 e. The lowest BCUT2D eigenvalue weighted by Crippen LogP contribution is -2.01. The molecule has 0 atom stereocenters. The molecule has 148 valence electrons. The van der Waals surface area contributed by atoms with Gasteiger partial charge >= 0.3 is 0 Å². The molecule has 0 saturated heterocycles. The van der Waals surface area contributed by atoms with Crippen LogP contribution in [0.3, 0.4) is 0 Å². The van der Waals surface area contributed by atoms with E-state index in [1.165, 1.54) is 12.5 Å². The zero-order chi connectivity index (χ0) is 20.8. The summed E-state index contributed by atoms with van der Waals surface area (Å²) in [4.78, 5) is 26.8. The van der Waals surface area contributed by atoms with Crippen molar-refractivity contribution in [2.24, 2.45) is 4.99 Å². The lowest BCUT2D eigenvalue weighted by molar-refractivity contribution is -0.114. The molecule has 0 spiro atoms. The number of nitrogens with one attached hydrogen (secondary N) is 1. The van der Waals surface area contributed by atoms with Crippen LogP contribution in [0.4, 0.5) is 5.69 Å². The van der Waals surface area contributed by atoms with Crippen molar-refractivity contribution in [1.82, 2.24) is 0 Å². The number of allylic oxidation sites excluding steroid dienone is 2. The van der Waals surface area contributed by atoms with E-state index in [9.17, 15) is 9.59 Å². The van der Waals surface area contributed by atoms with Crippen molar-refractivity contribution in [2.75, 3.05) is 12.4 Å². The number of aliphatic imine (C=N–C) groups is 1. The van der Waals surface area contributed by atoms with E-state index in [1.54, 1.807) is 25.3 Å². The molecule has 28 heavy (non-hydrogen) atoms. The van der Waals surface area contributed by atoms with Crippen molar-refractivity contribution in [3.8, 4) is 0 Å². The predicted octanol–water partition coefficient (Wildman–Crippen LogP) is 5.50. The van der Waals surface area contributed by atoms with Gasteiger partial charge in [-0.3, -0.25) is 14.6 Å². The first-order valence-electron chi connectivity index (χ1n) is 9.26. The summed E-state index contributed by atoms with van der Waals surface area (Å²) in [5, 5.41) is 3.23. The number of carbonyl (C=O) groups excluding carboxylic acids is 2. The van der Waals surface area contributed by atoms with Crippen molar-refractivity contribution in [3.63, 3.8) is 0 Å². The molecule has 0 fully saturated rings. The Labute approximate surface area is 172 Å². The number of rotatable bonds is 8. The molecule has 1 amide bonds. The number of anilines is 1. The van der Waals surface area contributed by atoms with Gasteiger partial charge in [0.05, 0.1) is 5.71 Å². The Hall–Kier alpha value is -2.72. The second-order valence-corrected chi connectivity index (χ2v) is 6.52. The van der Waals surface area contributed by atoms with E-state index >= 15 is 0 Å². The predicted molar refractivity (Wildman–Crippen MR) is 118 cm³/mol. The number of ketones is 1. The average molecular weight is 399 g/mol. The zero-order valence-electron chi connectivity index (χ0n) is 16.6. The molecule has 0 heterocycles. The Morgan fingerprint density at radius 3 is 2.46 bits per heavy atom. The summed E-state index contributed by atoms with van der Waals surface area (Å²) in [6.45, 7) is 4.25. The van der Waals surface area contributed by atoms with Crippen LogP contribution in [0.1, 0.15) is 37.8 Å². The smallest absolute Gasteiger partial charge is 0.211 e. The quantitative estimate of drug-likeness (QED) is 0.362. The molecule has 1 N–H and O–H groups in total. The van der Waals surface area contributed by atoms with Crippen LogP contribution in [0.25, 0.3) is 0 Å².